The number of rotatable bonds is 11. The van der Waals surface area contributed by atoms with Crippen molar-refractivity contribution in [1.82, 2.24) is 15.3 Å². The second-order valence-electron chi connectivity index (χ2n) is 9.28. The maximum absolute atomic E-state index is 12.3. The average molecular weight is 513 g/mol. The van der Waals surface area contributed by atoms with Gasteiger partial charge in [-0.15, -0.1) is 0 Å². The van der Waals surface area contributed by atoms with Crippen LogP contribution in [0.25, 0.3) is 0 Å². The van der Waals surface area contributed by atoms with Gasteiger partial charge in [-0.25, -0.2) is 18.7 Å². The molecule has 1 aromatic heterocycles. The van der Waals surface area contributed by atoms with Crippen LogP contribution in [0, 0.1) is 5.92 Å². The number of ether oxygens (including phenoxy) is 2. The lowest BCUT2D eigenvalue weighted by Crippen LogP contribution is -2.33. The van der Waals surface area contributed by atoms with Crippen molar-refractivity contribution in [1.29, 1.82) is 0 Å². The third-order valence-electron chi connectivity index (χ3n) is 5.39. The quantitative estimate of drug-likeness (QED) is 0.475. The maximum atomic E-state index is 12.3. The summed E-state index contributed by atoms with van der Waals surface area (Å²) in [6.07, 6.45) is -0.0529. The molecule has 3 rings (SSSR count). The molecular formula is C24H31ClF2N4O4. The van der Waals surface area contributed by atoms with E-state index in [1.165, 1.54) is 6.33 Å². The summed E-state index contributed by atoms with van der Waals surface area (Å²) in [6.45, 7) is 5.64. The number of benzene rings is 1. The van der Waals surface area contributed by atoms with Crippen molar-refractivity contribution in [3.63, 3.8) is 0 Å². The molecule has 0 bridgehead atoms. The zero-order valence-corrected chi connectivity index (χ0v) is 20.8. The summed E-state index contributed by atoms with van der Waals surface area (Å²) in [4.78, 5) is 22.3. The molecule has 0 spiro atoms. The highest BCUT2D eigenvalue weighted by Crippen LogP contribution is 2.33. The number of nitrogens with zero attached hydrogens (tertiary/aromatic N) is 3. The highest BCUT2D eigenvalue weighted by Gasteiger charge is 2.28. The predicted octanol–water partition coefficient (Wildman–Crippen LogP) is 3.50. The number of carbonyl (C=O) groups is 1. The Morgan fingerprint density at radius 3 is 2.69 bits per heavy atom. The molecule has 2 N–H and O–H groups in total. The van der Waals surface area contributed by atoms with Gasteiger partial charge in [0.2, 0.25) is 11.8 Å². The molecule has 11 heteroatoms. The number of aliphatic hydroxyl groups is 1. The largest absolute Gasteiger partial charge is 0.489 e. The van der Waals surface area contributed by atoms with Crippen molar-refractivity contribution in [3.8, 4) is 11.6 Å². The molecule has 1 aromatic carbocycles. The topological polar surface area (TPSA) is 96.8 Å². The van der Waals surface area contributed by atoms with Gasteiger partial charge in [0.05, 0.1) is 18.7 Å². The van der Waals surface area contributed by atoms with Gasteiger partial charge in [0.1, 0.15) is 29.8 Å². The number of aromatic nitrogens is 2. The van der Waals surface area contributed by atoms with Crippen molar-refractivity contribution in [3.05, 3.63) is 41.2 Å². The standard InChI is InChI=1S/C24H31ClF2N4O4/c1-15(22(32)28-11-19(26)27)10-16-4-6-17(7-5-16)35-18-8-9-31(12-18)21-20(25)23(30-14-29-21)34-13-24(2,3)33/h4-7,14-15,18-19,33H,8-13H2,1-3H3,(H,28,32)/t15?,18-/m1/s1. The van der Waals surface area contributed by atoms with E-state index in [4.69, 9.17) is 21.1 Å². The first-order valence-corrected chi connectivity index (χ1v) is 11.8. The van der Waals surface area contributed by atoms with E-state index in [9.17, 15) is 18.7 Å². The molecule has 0 radical (unpaired) electrons. The van der Waals surface area contributed by atoms with E-state index in [2.05, 4.69) is 15.3 Å². The third-order valence-corrected chi connectivity index (χ3v) is 5.72. The third kappa shape index (κ3) is 8.17. The van der Waals surface area contributed by atoms with Gasteiger partial charge in [-0.1, -0.05) is 30.7 Å². The Balaban J connectivity index is 1.53. The van der Waals surface area contributed by atoms with Crippen molar-refractivity contribution in [2.24, 2.45) is 5.92 Å². The minimum atomic E-state index is -2.56. The highest BCUT2D eigenvalue weighted by molar-refractivity contribution is 6.34. The molecule has 1 saturated heterocycles. The van der Waals surface area contributed by atoms with Gasteiger partial charge in [-0.2, -0.15) is 0 Å². The first-order valence-electron chi connectivity index (χ1n) is 11.4. The summed E-state index contributed by atoms with van der Waals surface area (Å²) in [5.41, 5.74) is -0.105. The van der Waals surface area contributed by atoms with Crippen LogP contribution in [0.3, 0.4) is 0 Å². The summed E-state index contributed by atoms with van der Waals surface area (Å²) in [5, 5.41) is 12.4. The summed E-state index contributed by atoms with van der Waals surface area (Å²) < 4.78 is 36.2. The van der Waals surface area contributed by atoms with Gasteiger partial charge in [0.25, 0.3) is 6.43 Å². The van der Waals surface area contributed by atoms with Gasteiger partial charge in [0, 0.05) is 18.9 Å². The van der Waals surface area contributed by atoms with E-state index >= 15 is 0 Å². The number of nitrogens with one attached hydrogen (secondary N) is 1. The molecule has 1 amide bonds. The Labute approximate surface area is 208 Å². The van der Waals surface area contributed by atoms with E-state index in [1.807, 2.05) is 29.2 Å². The minimum absolute atomic E-state index is 0.0457. The first-order chi connectivity index (χ1) is 16.5. The molecule has 8 nitrogen and oxygen atoms in total. The number of hydrogen-bond donors (Lipinski definition) is 2. The lowest BCUT2D eigenvalue weighted by Gasteiger charge is -2.21. The number of halogens is 3. The fourth-order valence-electron chi connectivity index (χ4n) is 3.62. The highest BCUT2D eigenvalue weighted by atomic mass is 35.5. The van der Waals surface area contributed by atoms with Crippen LogP contribution in [0.1, 0.15) is 32.8 Å². The number of amides is 1. The normalized spacial score (nSPS) is 16.9. The zero-order chi connectivity index (χ0) is 25.6. The van der Waals surface area contributed by atoms with Crippen LogP contribution in [0.15, 0.2) is 30.6 Å². The van der Waals surface area contributed by atoms with Crippen LogP contribution in [0.2, 0.25) is 5.02 Å². The molecular weight excluding hydrogens is 482 g/mol. The monoisotopic (exact) mass is 512 g/mol. The molecule has 1 aliphatic heterocycles. The Bertz CT molecular complexity index is 988. The fraction of sp³-hybridized carbons (Fsp3) is 0.542. The van der Waals surface area contributed by atoms with Crippen molar-refractivity contribution in [2.75, 3.05) is 31.1 Å². The molecule has 1 aliphatic rings. The average Bonchev–Trinajstić information content (AvgIpc) is 3.25. The van der Waals surface area contributed by atoms with E-state index in [0.29, 0.717) is 31.1 Å². The molecule has 0 aliphatic carbocycles. The molecule has 2 atom stereocenters. The van der Waals surface area contributed by atoms with Crippen molar-refractivity contribution < 1.29 is 28.2 Å². The Morgan fingerprint density at radius 2 is 2.03 bits per heavy atom. The Hall–Kier alpha value is -2.72. The van der Waals surface area contributed by atoms with E-state index in [-0.39, 0.29) is 23.6 Å². The number of carbonyl (C=O) groups excluding carboxylic acids is 1. The van der Waals surface area contributed by atoms with Crippen LogP contribution in [0.5, 0.6) is 11.6 Å². The zero-order valence-electron chi connectivity index (χ0n) is 20.0. The van der Waals surface area contributed by atoms with Crippen molar-refractivity contribution >= 4 is 23.3 Å². The smallest absolute Gasteiger partial charge is 0.255 e. The SMILES string of the molecule is CC(Cc1ccc(O[C@@H]2CCN(c3ncnc(OCC(C)(C)O)c3Cl)C2)cc1)C(=O)NCC(F)F. The molecule has 2 aromatic rings. The first kappa shape index (κ1) is 26.9. The lowest BCUT2D eigenvalue weighted by molar-refractivity contribution is -0.125. The molecule has 1 unspecified atom stereocenters. The molecule has 2 heterocycles. The number of anilines is 1. The summed E-state index contributed by atoms with van der Waals surface area (Å²) in [5.74, 6) is 0.648. The molecule has 0 saturated carbocycles. The lowest BCUT2D eigenvalue weighted by atomic mass is 10.0. The van der Waals surface area contributed by atoms with Gasteiger partial charge in [-0.05, 0) is 38.0 Å². The summed E-state index contributed by atoms with van der Waals surface area (Å²) in [7, 11) is 0. The van der Waals surface area contributed by atoms with E-state index < -0.39 is 30.4 Å². The van der Waals surface area contributed by atoms with Gasteiger partial charge < -0.3 is 24.8 Å². The van der Waals surface area contributed by atoms with Crippen LogP contribution < -0.4 is 19.7 Å². The second kappa shape index (κ2) is 11.8. The van der Waals surface area contributed by atoms with Crippen LogP contribution >= 0.6 is 11.6 Å². The van der Waals surface area contributed by atoms with E-state index in [1.54, 1.807) is 20.8 Å². The second-order valence-corrected chi connectivity index (χ2v) is 9.66. The number of hydrogen-bond acceptors (Lipinski definition) is 7. The maximum Gasteiger partial charge on any atom is 0.255 e. The van der Waals surface area contributed by atoms with Crippen molar-refractivity contribution in [2.45, 2.75) is 51.7 Å². The minimum Gasteiger partial charge on any atom is -0.489 e. The van der Waals surface area contributed by atoms with E-state index in [0.717, 1.165) is 12.0 Å². The predicted molar refractivity (Wildman–Crippen MR) is 128 cm³/mol. The molecule has 192 valence electrons. The van der Waals surface area contributed by atoms with Crippen LogP contribution in [0.4, 0.5) is 14.6 Å². The number of alkyl halides is 2. The molecule has 35 heavy (non-hydrogen) atoms. The van der Waals surface area contributed by atoms with Gasteiger partial charge in [-0.3, -0.25) is 4.79 Å². The fourth-order valence-corrected chi connectivity index (χ4v) is 3.89. The Kier molecular flexibility index (Phi) is 9.07. The van der Waals surface area contributed by atoms with Crippen LogP contribution in [-0.4, -0.2) is 65.4 Å². The molecule has 1 fully saturated rings. The Morgan fingerprint density at radius 1 is 1.31 bits per heavy atom. The van der Waals surface area contributed by atoms with Gasteiger partial charge in [0.15, 0.2) is 5.82 Å². The summed E-state index contributed by atoms with van der Waals surface area (Å²) in [6, 6.07) is 7.41. The van der Waals surface area contributed by atoms with Gasteiger partial charge >= 0.3 is 0 Å². The van der Waals surface area contributed by atoms with Crippen LogP contribution in [-0.2, 0) is 11.2 Å². The summed E-state index contributed by atoms with van der Waals surface area (Å²) >= 11 is 6.46.